The van der Waals surface area contributed by atoms with Crippen LogP contribution in [0.5, 0.6) is 0 Å². The molecule has 0 unspecified atom stereocenters. The van der Waals surface area contributed by atoms with Crippen LogP contribution in [0.4, 0.5) is 0 Å². The first-order valence-electron chi connectivity index (χ1n) is 10.4. The zero-order valence-electron chi connectivity index (χ0n) is 21.4. The third-order valence-electron chi connectivity index (χ3n) is 4.62. The normalized spacial score (nSPS) is 9.60. The predicted molar refractivity (Wildman–Crippen MR) is 151 cm³/mol. The van der Waals surface area contributed by atoms with Gasteiger partial charge in [0.15, 0.2) is 0 Å². The van der Waals surface area contributed by atoms with E-state index >= 15 is 0 Å². The van der Waals surface area contributed by atoms with Gasteiger partial charge in [-0.25, -0.2) is 0 Å². The van der Waals surface area contributed by atoms with Crippen molar-refractivity contribution in [3.8, 4) is 0 Å². The minimum absolute atomic E-state index is 0. The van der Waals surface area contributed by atoms with Crippen LogP contribution in [0.3, 0.4) is 0 Å². The quantitative estimate of drug-likeness (QED) is 0.471. The van der Waals surface area contributed by atoms with E-state index in [-0.39, 0.29) is 29.7 Å². The van der Waals surface area contributed by atoms with E-state index in [1.54, 1.807) is 0 Å². The fourth-order valence-corrected chi connectivity index (χ4v) is 0.961. The number of nitrogens with zero attached hydrogens (tertiary/aromatic N) is 3. The molecule has 4 nitrogen and oxygen atoms in total. The summed E-state index contributed by atoms with van der Waals surface area (Å²) in [7, 11) is 10.4. The van der Waals surface area contributed by atoms with Gasteiger partial charge in [-0.3, -0.25) is 0 Å². The lowest BCUT2D eigenvalue weighted by atomic mass is 10.3. The van der Waals surface area contributed by atoms with Crippen LogP contribution >= 0.6 is 0 Å². The summed E-state index contributed by atoms with van der Waals surface area (Å²) in [6.45, 7) is 25.1. The van der Waals surface area contributed by atoms with Crippen molar-refractivity contribution < 1.29 is 0 Å². The Bertz CT molecular complexity index is 235. The Morgan fingerprint density at radius 1 is 0.567 bits per heavy atom. The molecule has 0 aliphatic carbocycles. The van der Waals surface area contributed by atoms with Crippen molar-refractivity contribution in [2.75, 3.05) is 41.8 Å². The summed E-state index contributed by atoms with van der Waals surface area (Å²) in [6.07, 6.45) is 0. The van der Waals surface area contributed by atoms with Crippen LogP contribution in [0.25, 0.3) is 0 Å². The molecule has 1 N–H and O–H groups in total. The first-order valence-corrected chi connectivity index (χ1v) is 10.4. The van der Waals surface area contributed by atoms with E-state index < -0.39 is 0 Å². The first-order chi connectivity index (χ1) is 11.6. The molecule has 4 heteroatoms. The van der Waals surface area contributed by atoms with Gasteiger partial charge >= 0.3 is 0 Å². The van der Waals surface area contributed by atoms with Crippen LogP contribution in [0, 0.1) is 0 Å². The fourth-order valence-electron chi connectivity index (χ4n) is 0.961. The second-order valence-electron chi connectivity index (χ2n) is 8.52. The zero-order valence-corrected chi connectivity index (χ0v) is 21.4. The maximum atomic E-state index is 3.03. The summed E-state index contributed by atoms with van der Waals surface area (Å²) in [6, 6.07) is 3.37. The summed E-state index contributed by atoms with van der Waals surface area (Å²) in [5, 5.41) is 3.03. The maximum Gasteiger partial charge on any atom is 0.00382 e. The van der Waals surface area contributed by atoms with Gasteiger partial charge in [-0.05, 0) is 97.2 Å². The number of nitrogens with one attached hydrogen (secondary N) is 1. The second kappa shape index (κ2) is 33.5. The number of rotatable bonds is 6. The Morgan fingerprint density at radius 2 is 0.800 bits per heavy atom. The van der Waals surface area contributed by atoms with Crippen molar-refractivity contribution in [2.45, 2.75) is 136 Å². The van der Waals surface area contributed by atoms with E-state index in [9.17, 15) is 0 Å². The Balaban J connectivity index is -0.0000000347. The molecule has 0 radical (unpaired) electrons. The highest BCUT2D eigenvalue weighted by atomic mass is 15.1. The van der Waals surface area contributed by atoms with E-state index in [1.807, 2.05) is 7.05 Å². The van der Waals surface area contributed by atoms with Crippen molar-refractivity contribution in [3.05, 3.63) is 0 Å². The van der Waals surface area contributed by atoms with Gasteiger partial charge in [0.1, 0.15) is 0 Å². The average molecular weight is 441 g/mol. The zero-order chi connectivity index (χ0) is 22.0. The van der Waals surface area contributed by atoms with Crippen molar-refractivity contribution in [1.82, 2.24) is 20.0 Å². The second-order valence-corrected chi connectivity index (χ2v) is 8.52. The van der Waals surface area contributed by atoms with E-state index in [4.69, 9.17) is 0 Å². The Morgan fingerprint density at radius 3 is 0.800 bits per heavy atom. The molecular formula is C26H72N4. The summed E-state index contributed by atoms with van der Waals surface area (Å²) in [5.74, 6) is 0. The third-order valence-corrected chi connectivity index (χ3v) is 4.62. The topological polar surface area (TPSA) is 21.8 Å². The van der Waals surface area contributed by atoms with Crippen LogP contribution in [-0.4, -0.2) is 86.7 Å². The highest BCUT2D eigenvalue weighted by molar-refractivity contribution is 4.60. The SMILES string of the molecule is C.C.C.C.CC(C)N(C)C.CC(C)N(C)C(C)C.CCN(C)C(C)C.CNC(C)C. The van der Waals surface area contributed by atoms with Crippen LogP contribution in [0.15, 0.2) is 0 Å². The summed E-state index contributed by atoms with van der Waals surface area (Å²) in [5.41, 5.74) is 0. The molecule has 0 aliphatic rings. The lowest BCUT2D eigenvalue weighted by Gasteiger charge is -2.24. The minimum atomic E-state index is 0. The highest BCUT2D eigenvalue weighted by Gasteiger charge is 2.04. The van der Waals surface area contributed by atoms with Crippen molar-refractivity contribution >= 4 is 0 Å². The molecule has 0 saturated carbocycles. The standard InChI is InChI=1S/C7H17N.C6H15N.C5H13N.C4H11N.4CH4/c1-6(2)8(5)7(3)4;1-5-7(4)6(2)3;1-5(2)6(3)4;1-4(2)5-3;;;;/h6-7H,1-5H3;6H,5H2,1-4H3;5H,1-4H3;4-5H,1-3H3;4*1H4. The molecule has 0 atom stereocenters. The van der Waals surface area contributed by atoms with Crippen LogP contribution in [0.2, 0.25) is 0 Å². The molecule has 0 saturated heterocycles. The first kappa shape index (κ1) is 52.0. The van der Waals surface area contributed by atoms with Gasteiger partial charge in [-0.1, -0.05) is 50.5 Å². The molecule has 0 aromatic rings. The largest absolute Gasteiger partial charge is 0.318 e. The predicted octanol–water partition coefficient (Wildman–Crippen LogP) is 7.20. The molecule has 30 heavy (non-hydrogen) atoms. The Hall–Kier alpha value is -0.160. The van der Waals surface area contributed by atoms with Gasteiger partial charge in [-0.15, -0.1) is 0 Å². The molecule has 0 amide bonds. The van der Waals surface area contributed by atoms with E-state index in [0.717, 1.165) is 6.54 Å². The monoisotopic (exact) mass is 441 g/mol. The van der Waals surface area contributed by atoms with Gasteiger partial charge in [0, 0.05) is 30.2 Å². The van der Waals surface area contributed by atoms with E-state index in [0.29, 0.717) is 30.2 Å². The van der Waals surface area contributed by atoms with Gasteiger partial charge in [0.25, 0.3) is 0 Å². The van der Waals surface area contributed by atoms with Crippen molar-refractivity contribution in [1.29, 1.82) is 0 Å². The highest BCUT2D eigenvalue weighted by Crippen LogP contribution is 1.98. The molecule has 0 aliphatic heterocycles. The maximum absolute atomic E-state index is 3.03. The van der Waals surface area contributed by atoms with E-state index in [2.05, 4.69) is 124 Å². The molecule has 0 spiro atoms. The molecule has 0 aromatic carbocycles. The Labute approximate surface area is 198 Å². The number of hydrogen-bond acceptors (Lipinski definition) is 4. The van der Waals surface area contributed by atoms with Gasteiger partial charge in [0.2, 0.25) is 0 Å². The minimum Gasteiger partial charge on any atom is -0.318 e. The smallest absolute Gasteiger partial charge is 0.00382 e. The van der Waals surface area contributed by atoms with Crippen molar-refractivity contribution in [2.24, 2.45) is 0 Å². The fraction of sp³-hybridized carbons (Fsp3) is 1.00. The Kier molecular flexibility index (Phi) is 58.1. The average Bonchev–Trinajstić information content (AvgIpc) is 2.54. The van der Waals surface area contributed by atoms with E-state index in [1.165, 1.54) is 0 Å². The van der Waals surface area contributed by atoms with Crippen LogP contribution in [0.1, 0.15) is 106 Å². The summed E-state index contributed by atoms with van der Waals surface area (Å²) >= 11 is 0. The van der Waals surface area contributed by atoms with Crippen LogP contribution in [-0.2, 0) is 0 Å². The molecule has 0 rings (SSSR count). The molecule has 0 heterocycles. The van der Waals surface area contributed by atoms with Gasteiger partial charge < -0.3 is 20.0 Å². The van der Waals surface area contributed by atoms with Crippen molar-refractivity contribution in [3.63, 3.8) is 0 Å². The summed E-state index contributed by atoms with van der Waals surface area (Å²) in [4.78, 5) is 6.79. The molecule has 0 fully saturated rings. The van der Waals surface area contributed by atoms with Gasteiger partial charge in [-0.2, -0.15) is 0 Å². The molecular weight excluding hydrogens is 368 g/mol. The number of hydrogen-bond donors (Lipinski definition) is 1. The lowest BCUT2D eigenvalue weighted by molar-refractivity contribution is 0.222. The lowest BCUT2D eigenvalue weighted by Crippen LogP contribution is -2.32. The van der Waals surface area contributed by atoms with Crippen LogP contribution < -0.4 is 5.32 Å². The van der Waals surface area contributed by atoms with Gasteiger partial charge in [0.05, 0.1) is 0 Å². The molecule has 196 valence electrons. The third kappa shape index (κ3) is 51.0. The molecule has 0 bridgehead atoms. The molecule has 0 aromatic heterocycles. The summed E-state index contributed by atoms with van der Waals surface area (Å²) < 4.78 is 0.